The second kappa shape index (κ2) is 5.69. The van der Waals surface area contributed by atoms with Crippen molar-refractivity contribution in [1.29, 1.82) is 0 Å². The summed E-state index contributed by atoms with van der Waals surface area (Å²) in [5.41, 5.74) is 0.678. The summed E-state index contributed by atoms with van der Waals surface area (Å²) in [4.78, 5) is 4.38. The molecule has 1 unspecified atom stereocenters. The lowest BCUT2D eigenvalue weighted by molar-refractivity contribution is 0.502. The minimum Gasteiger partial charge on any atom is -0.361 e. The summed E-state index contributed by atoms with van der Waals surface area (Å²) >= 11 is 1.68. The molecule has 1 atom stereocenters. The Bertz CT molecular complexity index is 460. The number of nitrogens with zero attached hydrogens (tertiary/aromatic N) is 1. The minimum atomic E-state index is -0.820. The van der Waals surface area contributed by atoms with Crippen LogP contribution in [0.1, 0.15) is 19.4 Å². The van der Waals surface area contributed by atoms with Crippen LogP contribution in [0.3, 0.4) is 0 Å². The second-order valence-electron chi connectivity index (χ2n) is 4.68. The molecule has 1 fully saturated rings. The average Bonchev–Trinajstić information content (AvgIpc) is 2.79. The van der Waals surface area contributed by atoms with Crippen LogP contribution >= 0.6 is 11.8 Å². The third-order valence-electron chi connectivity index (χ3n) is 2.90. The highest BCUT2D eigenvalue weighted by Crippen LogP contribution is 2.19. The molecule has 2 nitrogen and oxygen atoms in total. The van der Waals surface area contributed by atoms with Crippen molar-refractivity contribution in [2.45, 2.75) is 26.4 Å². The minimum absolute atomic E-state index is 0.372. The summed E-state index contributed by atoms with van der Waals surface area (Å²) in [7, 11) is 0. The Kier molecular flexibility index (Phi) is 4.22. The van der Waals surface area contributed by atoms with Gasteiger partial charge in [-0.3, -0.25) is 4.99 Å². The number of halogens is 2. The van der Waals surface area contributed by atoms with Gasteiger partial charge in [0.25, 0.3) is 0 Å². The molecule has 0 aliphatic carbocycles. The summed E-state index contributed by atoms with van der Waals surface area (Å²) in [5, 5.41) is 4.22. The molecule has 0 radical (unpaired) electrons. The standard InChI is InChI=1S/C13H16F2N2S/c1-8(2)12-7-18-13(17-12)16-6-9-3-4-10(14)11(15)5-9/h3-5,8,12H,6-7H2,1-2H3,(H,16,17). The van der Waals surface area contributed by atoms with Crippen molar-refractivity contribution in [3.63, 3.8) is 0 Å². The van der Waals surface area contributed by atoms with E-state index in [9.17, 15) is 8.78 Å². The van der Waals surface area contributed by atoms with Crippen molar-refractivity contribution in [1.82, 2.24) is 5.32 Å². The van der Waals surface area contributed by atoms with Gasteiger partial charge in [-0.25, -0.2) is 8.78 Å². The predicted molar refractivity (Wildman–Crippen MR) is 71.7 cm³/mol. The number of amidine groups is 1. The molecular formula is C13H16F2N2S. The van der Waals surface area contributed by atoms with Gasteiger partial charge in [-0.05, 0) is 23.6 Å². The molecule has 0 saturated carbocycles. The van der Waals surface area contributed by atoms with Gasteiger partial charge in [-0.15, -0.1) is 0 Å². The van der Waals surface area contributed by atoms with E-state index >= 15 is 0 Å². The van der Waals surface area contributed by atoms with Crippen LogP contribution in [0.5, 0.6) is 0 Å². The van der Waals surface area contributed by atoms with Crippen LogP contribution in [-0.2, 0) is 6.54 Å². The lowest BCUT2D eigenvalue weighted by Crippen LogP contribution is -2.31. The van der Waals surface area contributed by atoms with Crippen LogP contribution in [0.4, 0.5) is 8.78 Å². The first-order valence-electron chi connectivity index (χ1n) is 5.94. The van der Waals surface area contributed by atoms with Crippen molar-refractivity contribution in [3.8, 4) is 0 Å². The van der Waals surface area contributed by atoms with Crippen LogP contribution in [0, 0.1) is 17.6 Å². The van der Waals surface area contributed by atoms with Gasteiger partial charge in [0.15, 0.2) is 16.8 Å². The van der Waals surface area contributed by atoms with E-state index in [0.29, 0.717) is 24.1 Å². The molecule has 1 heterocycles. The van der Waals surface area contributed by atoms with E-state index < -0.39 is 11.6 Å². The van der Waals surface area contributed by atoms with Gasteiger partial charge < -0.3 is 5.32 Å². The van der Waals surface area contributed by atoms with Gasteiger partial charge in [0.05, 0.1) is 6.54 Å². The molecule has 0 amide bonds. The number of thioether (sulfide) groups is 1. The van der Waals surface area contributed by atoms with Crippen molar-refractivity contribution >= 4 is 16.9 Å². The van der Waals surface area contributed by atoms with Gasteiger partial charge in [-0.2, -0.15) is 0 Å². The van der Waals surface area contributed by atoms with Crippen molar-refractivity contribution in [3.05, 3.63) is 35.4 Å². The lowest BCUT2D eigenvalue weighted by Gasteiger charge is -2.13. The summed E-state index contributed by atoms with van der Waals surface area (Å²) in [6, 6.07) is 4.33. The third-order valence-corrected chi connectivity index (χ3v) is 3.95. The molecule has 1 saturated heterocycles. The van der Waals surface area contributed by atoms with E-state index in [1.807, 2.05) is 0 Å². The first-order chi connectivity index (χ1) is 8.56. The summed E-state index contributed by atoms with van der Waals surface area (Å²) in [5.74, 6) is -0.0678. The van der Waals surface area contributed by atoms with E-state index in [1.54, 1.807) is 17.8 Å². The fraction of sp³-hybridized carbons (Fsp3) is 0.462. The smallest absolute Gasteiger partial charge is 0.159 e. The van der Waals surface area contributed by atoms with Crippen molar-refractivity contribution in [2.24, 2.45) is 10.9 Å². The molecule has 1 aliphatic rings. The average molecular weight is 270 g/mol. The van der Waals surface area contributed by atoms with Gasteiger partial charge in [-0.1, -0.05) is 31.7 Å². The Morgan fingerprint density at radius 2 is 2.17 bits per heavy atom. The normalized spacial score (nSPS) is 21.6. The number of hydrogen-bond donors (Lipinski definition) is 1. The maximum Gasteiger partial charge on any atom is 0.159 e. The van der Waals surface area contributed by atoms with Gasteiger partial charge in [0, 0.05) is 11.8 Å². The maximum absolute atomic E-state index is 13.0. The second-order valence-corrected chi connectivity index (χ2v) is 5.68. The molecular weight excluding hydrogens is 254 g/mol. The molecule has 2 rings (SSSR count). The molecule has 1 aromatic carbocycles. The van der Waals surface area contributed by atoms with Gasteiger partial charge in [0.1, 0.15) is 0 Å². The SMILES string of the molecule is CC(C)C1CSC(=NCc2ccc(F)c(F)c2)N1. The van der Waals surface area contributed by atoms with Crippen LogP contribution in [0.2, 0.25) is 0 Å². The zero-order valence-corrected chi connectivity index (χ0v) is 11.2. The van der Waals surface area contributed by atoms with E-state index in [4.69, 9.17) is 0 Å². The van der Waals surface area contributed by atoms with Crippen molar-refractivity contribution < 1.29 is 8.78 Å². The van der Waals surface area contributed by atoms with E-state index in [0.717, 1.165) is 17.0 Å². The number of benzene rings is 1. The Balaban J connectivity index is 1.97. The fourth-order valence-electron chi connectivity index (χ4n) is 1.66. The largest absolute Gasteiger partial charge is 0.361 e. The molecule has 0 spiro atoms. The zero-order valence-electron chi connectivity index (χ0n) is 10.4. The van der Waals surface area contributed by atoms with Crippen LogP contribution in [0.15, 0.2) is 23.2 Å². The summed E-state index contributed by atoms with van der Waals surface area (Å²) in [6.45, 7) is 4.70. The number of hydrogen-bond acceptors (Lipinski definition) is 2. The first-order valence-corrected chi connectivity index (χ1v) is 6.92. The first kappa shape index (κ1) is 13.3. The monoisotopic (exact) mass is 270 g/mol. The molecule has 1 aromatic rings. The Hall–Kier alpha value is -1.10. The lowest BCUT2D eigenvalue weighted by atomic mass is 10.1. The quantitative estimate of drug-likeness (QED) is 0.912. The molecule has 1 aliphatic heterocycles. The van der Waals surface area contributed by atoms with Gasteiger partial charge >= 0.3 is 0 Å². The highest BCUT2D eigenvalue weighted by atomic mass is 32.2. The van der Waals surface area contributed by atoms with E-state index in [1.165, 1.54) is 6.07 Å². The Labute approximate surface area is 110 Å². The predicted octanol–water partition coefficient (Wildman–Crippen LogP) is 3.18. The third kappa shape index (κ3) is 3.22. The van der Waals surface area contributed by atoms with Gasteiger partial charge in [0.2, 0.25) is 0 Å². The zero-order chi connectivity index (χ0) is 13.1. The highest BCUT2D eigenvalue weighted by molar-refractivity contribution is 8.14. The number of nitrogens with one attached hydrogen (secondary N) is 1. The highest BCUT2D eigenvalue weighted by Gasteiger charge is 2.22. The van der Waals surface area contributed by atoms with Crippen molar-refractivity contribution in [2.75, 3.05) is 5.75 Å². The van der Waals surface area contributed by atoms with Crippen LogP contribution in [-0.4, -0.2) is 17.0 Å². The molecule has 0 aromatic heterocycles. The molecule has 1 N–H and O–H groups in total. The number of rotatable bonds is 3. The van der Waals surface area contributed by atoms with Crippen LogP contribution < -0.4 is 5.32 Å². The molecule has 0 bridgehead atoms. The Morgan fingerprint density at radius 1 is 1.39 bits per heavy atom. The molecule has 98 valence electrons. The van der Waals surface area contributed by atoms with E-state index in [-0.39, 0.29) is 0 Å². The summed E-state index contributed by atoms with van der Waals surface area (Å²) in [6.07, 6.45) is 0. The molecule has 5 heteroatoms. The topological polar surface area (TPSA) is 24.4 Å². The van der Waals surface area contributed by atoms with E-state index in [2.05, 4.69) is 24.2 Å². The maximum atomic E-state index is 13.0. The molecule has 18 heavy (non-hydrogen) atoms. The fourth-order valence-corrected chi connectivity index (χ4v) is 2.86. The summed E-state index contributed by atoms with van der Waals surface area (Å²) < 4.78 is 25.8. The Morgan fingerprint density at radius 3 is 2.78 bits per heavy atom. The van der Waals surface area contributed by atoms with Crippen LogP contribution in [0.25, 0.3) is 0 Å². The number of aliphatic imine (C=N–C) groups is 1.